The van der Waals surface area contributed by atoms with Crippen LogP contribution in [-0.2, 0) is 0 Å². The van der Waals surface area contributed by atoms with Gasteiger partial charge in [-0.1, -0.05) is 29.8 Å². The Morgan fingerprint density at radius 3 is 2.46 bits per heavy atom. The van der Waals surface area contributed by atoms with Crippen LogP contribution in [0, 0.1) is 6.92 Å². The zero-order valence-corrected chi connectivity index (χ0v) is 14.6. The Morgan fingerprint density at radius 2 is 1.73 bits per heavy atom. The number of imidazole rings is 1. The maximum Gasteiger partial charge on any atom is 0.199 e. The average Bonchev–Trinajstić information content (AvgIpc) is 3.29. The lowest BCUT2D eigenvalue weighted by Crippen LogP contribution is -1.99. The lowest BCUT2D eigenvalue weighted by Gasteiger charge is -2.09. The smallest absolute Gasteiger partial charge is 0.199 e. The highest BCUT2D eigenvalue weighted by molar-refractivity contribution is 6.31. The van der Waals surface area contributed by atoms with E-state index in [9.17, 15) is 0 Å². The second-order valence-electron chi connectivity index (χ2n) is 6.04. The highest BCUT2D eigenvalue weighted by Crippen LogP contribution is 2.30. The van der Waals surface area contributed by atoms with Crippen molar-refractivity contribution in [3.8, 4) is 17.3 Å². The third-order valence-corrected chi connectivity index (χ3v) is 4.73. The van der Waals surface area contributed by atoms with Crippen molar-refractivity contribution in [2.45, 2.75) is 6.92 Å². The van der Waals surface area contributed by atoms with Crippen molar-refractivity contribution < 1.29 is 4.42 Å². The number of benzene rings is 2. The van der Waals surface area contributed by atoms with Crippen LogP contribution in [0.1, 0.15) is 5.56 Å². The van der Waals surface area contributed by atoms with Gasteiger partial charge in [-0.15, -0.1) is 0 Å². The predicted molar refractivity (Wildman–Crippen MR) is 102 cm³/mol. The Labute approximate surface area is 153 Å². The molecule has 0 aliphatic carbocycles. The van der Waals surface area contributed by atoms with Gasteiger partial charge < -0.3 is 4.42 Å². The van der Waals surface area contributed by atoms with E-state index in [0.717, 1.165) is 22.3 Å². The molecule has 126 valence electrons. The molecule has 0 unspecified atom stereocenters. The topological polar surface area (TPSA) is 56.7 Å². The zero-order valence-electron chi connectivity index (χ0n) is 13.8. The molecule has 5 nitrogen and oxygen atoms in total. The minimum atomic E-state index is 0.562. The molecule has 0 aliphatic rings. The monoisotopic (exact) mass is 360 g/mol. The third-order valence-electron chi connectivity index (χ3n) is 4.33. The number of furan rings is 1. The van der Waals surface area contributed by atoms with Gasteiger partial charge in [0.2, 0.25) is 0 Å². The third kappa shape index (κ3) is 2.29. The molecule has 0 atom stereocenters. The summed E-state index contributed by atoms with van der Waals surface area (Å²) in [5.41, 5.74) is 4.71. The lowest BCUT2D eigenvalue weighted by atomic mass is 10.2. The normalized spacial score (nSPS) is 11.5. The largest absolute Gasteiger partial charge is 0.461 e. The van der Waals surface area contributed by atoms with Crippen LogP contribution in [0.5, 0.6) is 0 Å². The van der Waals surface area contributed by atoms with Gasteiger partial charge >= 0.3 is 0 Å². The fraction of sp³-hybridized carbons (Fsp3) is 0.0500. The molecule has 0 saturated heterocycles. The first kappa shape index (κ1) is 15.1. The van der Waals surface area contributed by atoms with Gasteiger partial charge in [-0.2, -0.15) is 0 Å². The summed E-state index contributed by atoms with van der Waals surface area (Å²) in [7, 11) is 0. The van der Waals surface area contributed by atoms with Gasteiger partial charge in [0.05, 0.1) is 23.0 Å². The van der Waals surface area contributed by atoms with Crippen LogP contribution in [0.15, 0.2) is 65.3 Å². The fourth-order valence-electron chi connectivity index (χ4n) is 2.99. The molecule has 0 fully saturated rings. The Kier molecular flexibility index (Phi) is 3.30. The highest BCUT2D eigenvalue weighted by atomic mass is 35.5. The van der Waals surface area contributed by atoms with E-state index < -0.39 is 0 Å². The number of hydrogen-bond donors (Lipinski definition) is 0. The molecule has 6 heteroatoms. The molecule has 3 aromatic heterocycles. The first-order valence-electron chi connectivity index (χ1n) is 8.16. The summed E-state index contributed by atoms with van der Waals surface area (Å²) >= 11 is 6.36. The van der Waals surface area contributed by atoms with Crippen molar-refractivity contribution in [2.75, 3.05) is 0 Å². The van der Waals surface area contributed by atoms with Crippen molar-refractivity contribution in [2.24, 2.45) is 0 Å². The van der Waals surface area contributed by atoms with Crippen molar-refractivity contribution in [1.82, 2.24) is 19.5 Å². The van der Waals surface area contributed by atoms with E-state index in [-0.39, 0.29) is 0 Å². The molecule has 0 spiro atoms. The van der Waals surface area contributed by atoms with Gasteiger partial charge in [-0.3, -0.25) is 4.57 Å². The second-order valence-corrected chi connectivity index (χ2v) is 6.45. The summed E-state index contributed by atoms with van der Waals surface area (Å²) in [6, 6.07) is 17.3. The number of nitrogens with zero attached hydrogens (tertiary/aromatic N) is 4. The first-order chi connectivity index (χ1) is 12.7. The van der Waals surface area contributed by atoms with Gasteiger partial charge in [0.25, 0.3) is 0 Å². The van der Waals surface area contributed by atoms with E-state index in [2.05, 4.69) is 9.97 Å². The first-order valence-corrected chi connectivity index (χ1v) is 8.54. The summed E-state index contributed by atoms with van der Waals surface area (Å²) in [6.45, 7) is 1.97. The minimum Gasteiger partial charge on any atom is -0.461 e. The summed E-state index contributed by atoms with van der Waals surface area (Å²) in [6.07, 6.45) is 1.62. The van der Waals surface area contributed by atoms with Crippen molar-refractivity contribution in [3.05, 3.63) is 71.4 Å². The molecule has 3 heterocycles. The Hall–Kier alpha value is -3.18. The minimum absolute atomic E-state index is 0.562. The fourth-order valence-corrected chi connectivity index (χ4v) is 3.17. The zero-order chi connectivity index (χ0) is 17.7. The van der Waals surface area contributed by atoms with E-state index in [4.69, 9.17) is 21.0 Å². The van der Waals surface area contributed by atoms with E-state index in [0.29, 0.717) is 27.9 Å². The summed E-state index contributed by atoms with van der Waals surface area (Å²) in [5, 5.41) is 0.684. The number of hydrogen-bond acceptors (Lipinski definition) is 4. The van der Waals surface area contributed by atoms with E-state index in [1.165, 1.54) is 0 Å². The molecular weight excluding hydrogens is 348 g/mol. The van der Waals surface area contributed by atoms with Gasteiger partial charge in [-0.05, 0) is 48.9 Å². The number of aromatic nitrogens is 4. The van der Waals surface area contributed by atoms with E-state index >= 15 is 0 Å². The summed E-state index contributed by atoms with van der Waals surface area (Å²) < 4.78 is 7.52. The van der Waals surface area contributed by atoms with Gasteiger partial charge in [0.1, 0.15) is 0 Å². The number of para-hydroxylation sites is 2. The quantitative estimate of drug-likeness (QED) is 0.434. The van der Waals surface area contributed by atoms with Crippen LogP contribution in [0.2, 0.25) is 5.02 Å². The molecule has 5 rings (SSSR count). The maximum atomic E-state index is 6.36. The van der Waals surface area contributed by atoms with Crippen molar-refractivity contribution >= 4 is 33.9 Å². The number of aryl methyl sites for hydroxylation is 1. The molecule has 0 radical (unpaired) electrons. The molecule has 2 aromatic carbocycles. The van der Waals surface area contributed by atoms with Crippen LogP contribution in [-0.4, -0.2) is 19.5 Å². The van der Waals surface area contributed by atoms with Crippen LogP contribution >= 0.6 is 11.6 Å². The lowest BCUT2D eigenvalue weighted by molar-refractivity contribution is 0.576. The second kappa shape index (κ2) is 5.68. The van der Waals surface area contributed by atoms with Gasteiger partial charge in [-0.25, -0.2) is 15.0 Å². The van der Waals surface area contributed by atoms with Crippen molar-refractivity contribution in [1.29, 1.82) is 0 Å². The van der Waals surface area contributed by atoms with E-state index in [1.54, 1.807) is 6.26 Å². The Bertz CT molecular complexity index is 1260. The van der Waals surface area contributed by atoms with Crippen LogP contribution in [0.25, 0.3) is 39.6 Å². The van der Waals surface area contributed by atoms with E-state index in [1.807, 2.05) is 66.1 Å². The molecular formula is C20H13ClN4O. The maximum absolute atomic E-state index is 6.36. The molecule has 0 bridgehead atoms. The molecule has 0 N–H and O–H groups in total. The molecule has 0 amide bonds. The van der Waals surface area contributed by atoms with Crippen LogP contribution in [0.4, 0.5) is 0 Å². The summed E-state index contributed by atoms with van der Waals surface area (Å²) in [5.74, 6) is 1.28. The highest BCUT2D eigenvalue weighted by Gasteiger charge is 2.19. The number of fused-ring (bicyclic) bond motifs is 2. The van der Waals surface area contributed by atoms with Crippen LogP contribution < -0.4 is 0 Å². The SMILES string of the molecule is Cc1ccc(-n2c(-c3ccco3)nc3nc4ccccc4nc32)cc1Cl. The Morgan fingerprint density at radius 1 is 0.923 bits per heavy atom. The number of rotatable bonds is 2. The summed E-state index contributed by atoms with van der Waals surface area (Å²) in [4.78, 5) is 14.1. The predicted octanol–water partition coefficient (Wildman–Crippen LogP) is 5.19. The molecule has 26 heavy (non-hydrogen) atoms. The Balaban J connectivity index is 1.89. The molecule has 0 saturated carbocycles. The molecule has 0 aliphatic heterocycles. The van der Waals surface area contributed by atoms with Gasteiger partial charge in [0, 0.05) is 5.02 Å². The standard InChI is InChI=1S/C20H13ClN4O/c1-12-8-9-13(11-14(12)21)25-19(17-7-4-10-26-17)24-18-20(25)23-16-6-3-2-5-15(16)22-18/h2-11H,1H3. The average molecular weight is 361 g/mol. The van der Waals surface area contributed by atoms with Crippen LogP contribution in [0.3, 0.4) is 0 Å². The van der Waals surface area contributed by atoms with Gasteiger partial charge in [0.15, 0.2) is 22.9 Å². The number of halogens is 1. The van der Waals surface area contributed by atoms with Crippen molar-refractivity contribution in [3.63, 3.8) is 0 Å². The molecule has 5 aromatic rings.